The Kier molecular flexibility index (Phi) is 7.03. The number of hydrogen-bond acceptors (Lipinski definition) is 5. The molecule has 3 aromatic rings. The number of benzene rings is 1. The van der Waals surface area contributed by atoms with Gasteiger partial charge in [-0.25, -0.2) is 4.98 Å². The number of amides is 2. The number of imidazole rings is 1. The molecule has 33 heavy (non-hydrogen) atoms. The number of aryl methyl sites for hydroxylation is 1. The van der Waals surface area contributed by atoms with Crippen molar-refractivity contribution in [3.8, 4) is 11.4 Å². The van der Waals surface area contributed by atoms with Crippen LogP contribution in [0.2, 0.25) is 0 Å². The van der Waals surface area contributed by atoms with E-state index in [1.807, 2.05) is 30.0 Å². The molecule has 8 heteroatoms. The fourth-order valence-electron chi connectivity index (χ4n) is 4.70. The molecule has 1 N–H and O–H groups in total. The van der Waals surface area contributed by atoms with Gasteiger partial charge in [-0.05, 0) is 56.9 Å². The van der Waals surface area contributed by atoms with Crippen molar-refractivity contribution in [3.63, 3.8) is 0 Å². The topological polar surface area (TPSA) is 89.3 Å². The van der Waals surface area contributed by atoms with Gasteiger partial charge in [-0.1, -0.05) is 6.92 Å². The summed E-state index contributed by atoms with van der Waals surface area (Å²) in [5.41, 5.74) is 3.43. The van der Waals surface area contributed by atoms with Crippen molar-refractivity contribution in [1.29, 1.82) is 0 Å². The number of anilines is 1. The first-order valence-corrected chi connectivity index (χ1v) is 11.6. The Bertz CT molecular complexity index is 1140. The molecule has 0 spiro atoms. The van der Waals surface area contributed by atoms with E-state index in [2.05, 4.69) is 21.8 Å². The molecular weight excluding hydrogens is 418 g/mol. The van der Waals surface area contributed by atoms with Crippen LogP contribution in [0, 0.1) is 0 Å². The Hall–Kier alpha value is -3.26. The Morgan fingerprint density at radius 2 is 2.09 bits per heavy atom. The van der Waals surface area contributed by atoms with E-state index in [9.17, 15) is 9.59 Å². The number of ether oxygens (including phenoxy) is 1. The van der Waals surface area contributed by atoms with Crippen molar-refractivity contribution in [3.05, 3.63) is 42.2 Å². The normalized spacial score (nSPS) is 16.2. The van der Waals surface area contributed by atoms with Gasteiger partial charge in [0.1, 0.15) is 12.4 Å². The van der Waals surface area contributed by atoms with Gasteiger partial charge < -0.3 is 19.5 Å². The van der Waals surface area contributed by atoms with Crippen molar-refractivity contribution in [2.45, 2.75) is 52.1 Å². The van der Waals surface area contributed by atoms with Gasteiger partial charge in [0.05, 0.1) is 16.6 Å². The molecule has 1 atom stereocenters. The zero-order valence-corrected chi connectivity index (χ0v) is 19.5. The van der Waals surface area contributed by atoms with Crippen LogP contribution >= 0.6 is 0 Å². The number of nitrogens with one attached hydrogen (secondary N) is 1. The summed E-state index contributed by atoms with van der Waals surface area (Å²) in [4.78, 5) is 37.2. The van der Waals surface area contributed by atoms with E-state index >= 15 is 0 Å². The largest absolute Gasteiger partial charge is 0.375 e. The molecular formula is C25H31N5O3. The van der Waals surface area contributed by atoms with Crippen molar-refractivity contribution >= 4 is 28.5 Å². The number of hydrogen-bond donors (Lipinski definition) is 1. The first-order valence-electron chi connectivity index (χ1n) is 11.6. The number of aromatic nitrogens is 3. The fraction of sp³-hybridized carbons (Fsp3) is 0.440. The lowest BCUT2D eigenvalue weighted by molar-refractivity contribution is -0.119. The molecule has 0 bridgehead atoms. The maximum Gasteiger partial charge on any atom is 0.256 e. The maximum atomic E-state index is 13.9. The number of piperidine rings is 1. The van der Waals surface area contributed by atoms with Gasteiger partial charge in [0.2, 0.25) is 5.91 Å². The van der Waals surface area contributed by atoms with E-state index < -0.39 is 0 Å². The number of carbonyl (C=O) groups is 2. The smallest absolute Gasteiger partial charge is 0.256 e. The number of methoxy groups -OCH3 is 1. The molecule has 1 fully saturated rings. The lowest BCUT2D eigenvalue weighted by Gasteiger charge is -2.35. The zero-order valence-electron chi connectivity index (χ0n) is 19.5. The number of nitrogens with zero attached hydrogens (tertiary/aromatic N) is 4. The first kappa shape index (κ1) is 22.9. The van der Waals surface area contributed by atoms with Crippen LogP contribution in [-0.4, -0.2) is 57.6 Å². The molecule has 2 amide bonds. The quantitative estimate of drug-likeness (QED) is 0.586. The molecule has 1 aliphatic heterocycles. The second-order valence-corrected chi connectivity index (χ2v) is 8.35. The predicted octanol–water partition coefficient (Wildman–Crippen LogP) is 4.11. The third-order valence-corrected chi connectivity index (χ3v) is 6.23. The molecule has 1 unspecified atom stereocenters. The van der Waals surface area contributed by atoms with Gasteiger partial charge in [-0.15, -0.1) is 0 Å². The highest BCUT2D eigenvalue weighted by Gasteiger charge is 2.29. The summed E-state index contributed by atoms with van der Waals surface area (Å²) in [5, 5.41) is 2.85. The van der Waals surface area contributed by atoms with Gasteiger partial charge in [-0.2, -0.15) is 0 Å². The van der Waals surface area contributed by atoms with Crippen molar-refractivity contribution in [2.24, 2.45) is 0 Å². The maximum absolute atomic E-state index is 13.9. The molecule has 0 saturated carbocycles. The number of pyridine rings is 1. The predicted molar refractivity (Wildman–Crippen MR) is 128 cm³/mol. The van der Waals surface area contributed by atoms with Crippen molar-refractivity contribution in [1.82, 2.24) is 19.4 Å². The third-order valence-electron chi connectivity index (χ3n) is 6.23. The number of carbonyl (C=O) groups excluding carboxylic acids is 2. The summed E-state index contributed by atoms with van der Waals surface area (Å²) in [6, 6.07) is 7.65. The number of fused-ring (bicyclic) bond motifs is 1. The van der Waals surface area contributed by atoms with Crippen LogP contribution in [0.15, 0.2) is 36.7 Å². The van der Waals surface area contributed by atoms with Crippen molar-refractivity contribution < 1.29 is 14.3 Å². The molecule has 4 rings (SSSR count). The molecule has 174 valence electrons. The lowest BCUT2D eigenvalue weighted by Crippen LogP contribution is -2.43. The second-order valence-electron chi connectivity index (χ2n) is 8.35. The monoisotopic (exact) mass is 449 g/mol. The average Bonchev–Trinajstić information content (AvgIpc) is 3.22. The highest BCUT2D eigenvalue weighted by Crippen LogP contribution is 2.32. The Balaban J connectivity index is 1.88. The van der Waals surface area contributed by atoms with Crippen LogP contribution in [-0.2, 0) is 16.1 Å². The van der Waals surface area contributed by atoms with Gasteiger partial charge in [0.15, 0.2) is 0 Å². The van der Waals surface area contributed by atoms with E-state index in [0.29, 0.717) is 23.3 Å². The molecule has 2 aromatic heterocycles. The van der Waals surface area contributed by atoms with Crippen LogP contribution < -0.4 is 5.32 Å². The SMILES string of the molecule is CCC1CCCCN1C(=O)c1cc(NC(=O)COC)cc2nc(-c3cccnc3)n(CC)c12. The number of likely N-dealkylation sites (tertiary alicyclic amines) is 1. The van der Waals surface area contributed by atoms with Crippen LogP contribution in [0.3, 0.4) is 0 Å². The van der Waals surface area contributed by atoms with E-state index in [0.717, 1.165) is 49.1 Å². The molecule has 0 aliphatic carbocycles. The fourth-order valence-corrected chi connectivity index (χ4v) is 4.70. The van der Waals surface area contributed by atoms with E-state index in [1.165, 1.54) is 7.11 Å². The highest BCUT2D eigenvalue weighted by atomic mass is 16.5. The van der Waals surface area contributed by atoms with Gasteiger partial charge in [0.25, 0.3) is 5.91 Å². The van der Waals surface area contributed by atoms with E-state index in [-0.39, 0.29) is 24.5 Å². The third kappa shape index (κ3) is 4.61. The molecule has 1 aromatic carbocycles. The van der Waals surface area contributed by atoms with Crippen LogP contribution in [0.25, 0.3) is 22.4 Å². The summed E-state index contributed by atoms with van der Waals surface area (Å²) in [6.07, 6.45) is 7.58. The highest BCUT2D eigenvalue weighted by molar-refractivity contribution is 6.08. The summed E-state index contributed by atoms with van der Waals surface area (Å²) in [6.45, 7) is 5.50. The van der Waals surface area contributed by atoms with Crippen LogP contribution in [0.1, 0.15) is 49.9 Å². The average molecular weight is 450 g/mol. The summed E-state index contributed by atoms with van der Waals surface area (Å²) in [7, 11) is 1.47. The van der Waals surface area contributed by atoms with Gasteiger partial charge in [-0.3, -0.25) is 14.6 Å². The van der Waals surface area contributed by atoms with Gasteiger partial charge in [0, 0.05) is 49.9 Å². The Morgan fingerprint density at radius 3 is 2.79 bits per heavy atom. The van der Waals surface area contributed by atoms with Crippen molar-refractivity contribution in [2.75, 3.05) is 25.6 Å². The summed E-state index contributed by atoms with van der Waals surface area (Å²) >= 11 is 0. The Labute approximate surface area is 194 Å². The Morgan fingerprint density at radius 1 is 1.24 bits per heavy atom. The van der Waals surface area contributed by atoms with Crippen LogP contribution in [0.4, 0.5) is 5.69 Å². The number of rotatable bonds is 7. The van der Waals surface area contributed by atoms with E-state index in [1.54, 1.807) is 18.5 Å². The molecule has 1 aliphatic rings. The molecule has 0 radical (unpaired) electrons. The standard InChI is InChI=1S/C25H31N5O3/c1-4-19-10-6-7-12-30(19)25(32)20-13-18(27-22(31)16-33-3)14-21-23(20)29(5-2)24(28-21)17-9-8-11-26-15-17/h8-9,11,13-15,19H,4-7,10,12,16H2,1-3H3,(H,27,31). The molecule has 1 saturated heterocycles. The van der Waals surface area contributed by atoms with E-state index in [4.69, 9.17) is 9.72 Å². The molecule has 8 nitrogen and oxygen atoms in total. The summed E-state index contributed by atoms with van der Waals surface area (Å²) in [5.74, 6) is 0.462. The second kappa shape index (κ2) is 10.1. The summed E-state index contributed by atoms with van der Waals surface area (Å²) < 4.78 is 7.01. The molecule has 3 heterocycles. The lowest BCUT2D eigenvalue weighted by atomic mass is 9.98. The minimum absolute atomic E-state index is 0.0123. The first-order chi connectivity index (χ1) is 16.1. The minimum Gasteiger partial charge on any atom is -0.375 e. The zero-order chi connectivity index (χ0) is 23.4. The van der Waals surface area contributed by atoms with Crippen LogP contribution in [0.5, 0.6) is 0 Å². The van der Waals surface area contributed by atoms with Gasteiger partial charge >= 0.3 is 0 Å². The minimum atomic E-state index is -0.276.